The third-order valence-electron chi connectivity index (χ3n) is 5.47. The molecule has 0 saturated carbocycles. The summed E-state index contributed by atoms with van der Waals surface area (Å²) in [5.41, 5.74) is 0.151. The second kappa shape index (κ2) is 11.3. The Morgan fingerprint density at radius 1 is 1.11 bits per heavy atom. The van der Waals surface area contributed by atoms with Crippen molar-refractivity contribution in [2.45, 2.75) is 26.5 Å². The minimum Gasteiger partial charge on any atom is -0.488 e. The molecule has 9 nitrogen and oxygen atoms in total. The number of carbonyl (C=O) groups is 1. The number of halogens is 2. The second-order valence-corrected chi connectivity index (χ2v) is 9.21. The number of ether oxygens (including phenoxy) is 1. The molecule has 0 atom stereocenters. The van der Waals surface area contributed by atoms with Crippen LogP contribution < -0.4 is 26.5 Å². The highest BCUT2D eigenvalue weighted by Crippen LogP contribution is 2.24. The Morgan fingerprint density at radius 3 is 2.50 bits per heavy atom. The SMILES string of the molecule is CC(C)Oc1ccc(Nc2ncc(NC(=O)c3ccn(C)c(=O)c3)c(=O)n2Cc2ccc(Cl)cc2)cc1F. The molecule has 4 rings (SSSR count). The van der Waals surface area contributed by atoms with Gasteiger partial charge < -0.3 is 19.9 Å². The van der Waals surface area contributed by atoms with Crippen molar-refractivity contribution in [2.24, 2.45) is 7.05 Å². The van der Waals surface area contributed by atoms with E-state index in [-0.39, 0.29) is 41.2 Å². The summed E-state index contributed by atoms with van der Waals surface area (Å²) in [6.45, 7) is 3.67. The zero-order valence-corrected chi connectivity index (χ0v) is 21.6. The zero-order chi connectivity index (χ0) is 27.4. The molecule has 0 radical (unpaired) electrons. The molecule has 0 spiro atoms. The van der Waals surface area contributed by atoms with Crippen LogP contribution in [-0.4, -0.2) is 26.1 Å². The van der Waals surface area contributed by atoms with Gasteiger partial charge in [-0.05, 0) is 49.7 Å². The molecular formula is C27H25ClFN5O4. The van der Waals surface area contributed by atoms with Gasteiger partial charge in [-0.1, -0.05) is 23.7 Å². The van der Waals surface area contributed by atoms with E-state index in [2.05, 4.69) is 15.6 Å². The highest BCUT2D eigenvalue weighted by molar-refractivity contribution is 6.30. The minimum absolute atomic E-state index is 0.0813. The number of nitrogens with one attached hydrogen (secondary N) is 2. The molecule has 2 heterocycles. The van der Waals surface area contributed by atoms with Gasteiger partial charge >= 0.3 is 0 Å². The minimum atomic E-state index is -0.636. The van der Waals surface area contributed by atoms with Crippen LogP contribution in [0.4, 0.5) is 21.7 Å². The lowest BCUT2D eigenvalue weighted by Gasteiger charge is -2.16. The van der Waals surface area contributed by atoms with Gasteiger partial charge in [0.15, 0.2) is 11.6 Å². The van der Waals surface area contributed by atoms with Crippen molar-refractivity contribution in [2.75, 3.05) is 10.6 Å². The number of anilines is 3. The molecule has 2 aromatic heterocycles. The van der Waals surface area contributed by atoms with Crippen LogP contribution in [0, 0.1) is 5.82 Å². The number of benzene rings is 2. The van der Waals surface area contributed by atoms with Crippen molar-refractivity contribution in [3.8, 4) is 5.75 Å². The number of carbonyl (C=O) groups excluding carboxylic acids is 1. The summed E-state index contributed by atoms with van der Waals surface area (Å²) in [6, 6.07) is 13.8. The van der Waals surface area contributed by atoms with Crippen LogP contribution in [0.1, 0.15) is 29.8 Å². The van der Waals surface area contributed by atoms with E-state index in [1.165, 1.54) is 45.8 Å². The van der Waals surface area contributed by atoms with Gasteiger partial charge in [-0.2, -0.15) is 0 Å². The van der Waals surface area contributed by atoms with Gasteiger partial charge in [-0.25, -0.2) is 9.37 Å². The summed E-state index contributed by atoms with van der Waals surface area (Å²) in [7, 11) is 1.56. The monoisotopic (exact) mass is 537 g/mol. The molecule has 0 aliphatic heterocycles. The Bertz CT molecular complexity index is 1600. The van der Waals surface area contributed by atoms with E-state index in [9.17, 15) is 18.8 Å². The number of rotatable bonds is 8. The molecule has 0 aliphatic rings. The van der Waals surface area contributed by atoms with Crippen LogP contribution in [0.15, 0.2) is 76.6 Å². The third kappa shape index (κ3) is 6.27. The first-order valence-corrected chi connectivity index (χ1v) is 12.0. The van der Waals surface area contributed by atoms with E-state index in [1.807, 2.05) is 0 Å². The Labute approximate surface area is 222 Å². The quantitative estimate of drug-likeness (QED) is 0.341. The topological polar surface area (TPSA) is 107 Å². The molecule has 11 heteroatoms. The number of aromatic nitrogens is 3. The molecule has 2 aromatic carbocycles. The summed E-state index contributed by atoms with van der Waals surface area (Å²) >= 11 is 5.99. The van der Waals surface area contributed by atoms with Gasteiger partial charge in [0.05, 0.1) is 18.8 Å². The van der Waals surface area contributed by atoms with Crippen molar-refractivity contribution >= 4 is 34.8 Å². The first kappa shape index (κ1) is 26.6. The maximum absolute atomic E-state index is 14.6. The molecular weight excluding hydrogens is 513 g/mol. The summed E-state index contributed by atoms with van der Waals surface area (Å²) in [5, 5.41) is 6.03. The lowest BCUT2D eigenvalue weighted by molar-refractivity contribution is 0.102. The number of nitrogens with zero attached hydrogens (tertiary/aromatic N) is 3. The fraction of sp³-hybridized carbons (Fsp3) is 0.185. The fourth-order valence-corrected chi connectivity index (χ4v) is 3.66. The maximum Gasteiger partial charge on any atom is 0.279 e. The molecule has 0 saturated heterocycles. The van der Waals surface area contributed by atoms with Gasteiger partial charge in [-0.15, -0.1) is 0 Å². The molecule has 1 amide bonds. The molecule has 0 unspecified atom stereocenters. The van der Waals surface area contributed by atoms with E-state index >= 15 is 0 Å². The molecule has 0 bridgehead atoms. The predicted octanol–water partition coefficient (Wildman–Crippen LogP) is 4.57. The van der Waals surface area contributed by atoms with Crippen LogP contribution in [0.2, 0.25) is 5.02 Å². The lowest BCUT2D eigenvalue weighted by atomic mass is 10.2. The van der Waals surface area contributed by atoms with E-state index in [4.69, 9.17) is 16.3 Å². The highest BCUT2D eigenvalue weighted by Gasteiger charge is 2.16. The van der Waals surface area contributed by atoms with Crippen LogP contribution in [-0.2, 0) is 13.6 Å². The molecule has 196 valence electrons. The number of hydrogen-bond donors (Lipinski definition) is 2. The first-order chi connectivity index (χ1) is 18.1. The van der Waals surface area contributed by atoms with Gasteiger partial charge in [0.2, 0.25) is 5.95 Å². The van der Waals surface area contributed by atoms with E-state index in [0.717, 1.165) is 5.56 Å². The lowest BCUT2D eigenvalue weighted by Crippen LogP contribution is -2.29. The van der Waals surface area contributed by atoms with Crippen LogP contribution in [0.5, 0.6) is 5.75 Å². The van der Waals surface area contributed by atoms with Crippen molar-refractivity contribution in [3.63, 3.8) is 0 Å². The van der Waals surface area contributed by atoms with Crippen molar-refractivity contribution in [1.82, 2.24) is 14.1 Å². The van der Waals surface area contributed by atoms with Gasteiger partial charge in [0.25, 0.3) is 17.0 Å². The van der Waals surface area contributed by atoms with E-state index < -0.39 is 17.3 Å². The zero-order valence-electron chi connectivity index (χ0n) is 20.9. The number of amides is 1. The number of hydrogen-bond acceptors (Lipinski definition) is 6. The molecule has 0 fully saturated rings. The van der Waals surface area contributed by atoms with E-state index in [0.29, 0.717) is 10.7 Å². The normalized spacial score (nSPS) is 10.9. The van der Waals surface area contributed by atoms with Crippen LogP contribution in [0.3, 0.4) is 0 Å². The van der Waals surface area contributed by atoms with Gasteiger partial charge in [0.1, 0.15) is 5.69 Å². The maximum atomic E-state index is 14.6. The Morgan fingerprint density at radius 2 is 1.84 bits per heavy atom. The standard InChI is InChI=1S/C27H25ClFN5O4/c1-16(2)38-23-9-8-20(13-21(23)29)31-27-30-14-22(32-25(36)18-10-11-33(3)24(35)12-18)26(37)34(27)15-17-4-6-19(28)7-5-17/h4-14,16H,15H2,1-3H3,(H,30,31)(H,32,36). The largest absolute Gasteiger partial charge is 0.488 e. The first-order valence-electron chi connectivity index (χ1n) is 11.7. The summed E-state index contributed by atoms with van der Waals surface area (Å²) in [4.78, 5) is 42.4. The van der Waals surface area contributed by atoms with E-state index in [1.54, 1.807) is 51.2 Å². The Hall–Kier alpha value is -4.44. The summed E-state index contributed by atoms with van der Waals surface area (Å²) < 4.78 is 22.6. The molecule has 38 heavy (non-hydrogen) atoms. The highest BCUT2D eigenvalue weighted by atomic mass is 35.5. The van der Waals surface area contributed by atoms with Crippen molar-refractivity contribution in [3.05, 3.63) is 110 Å². The summed E-state index contributed by atoms with van der Waals surface area (Å²) in [6.07, 6.45) is 2.46. The number of aryl methyl sites for hydroxylation is 1. The van der Waals surface area contributed by atoms with Crippen molar-refractivity contribution in [1.29, 1.82) is 0 Å². The third-order valence-corrected chi connectivity index (χ3v) is 5.72. The van der Waals surface area contributed by atoms with Crippen molar-refractivity contribution < 1.29 is 13.9 Å². The second-order valence-electron chi connectivity index (χ2n) is 8.77. The summed E-state index contributed by atoms with van der Waals surface area (Å²) in [5.74, 6) is -0.990. The van der Waals surface area contributed by atoms with Crippen LogP contribution in [0.25, 0.3) is 0 Å². The predicted molar refractivity (Wildman–Crippen MR) is 144 cm³/mol. The molecule has 0 aliphatic carbocycles. The van der Waals surface area contributed by atoms with Crippen LogP contribution >= 0.6 is 11.6 Å². The smallest absolute Gasteiger partial charge is 0.279 e. The fourth-order valence-electron chi connectivity index (χ4n) is 3.54. The van der Waals surface area contributed by atoms with Gasteiger partial charge in [0, 0.05) is 41.7 Å². The average Bonchev–Trinajstić information content (AvgIpc) is 2.87. The number of pyridine rings is 1. The Balaban J connectivity index is 1.69. The van der Waals surface area contributed by atoms with Gasteiger partial charge in [-0.3, -0.25) is 19.0 Å². The Kier molecular flexibility index (Phi) is 7.92. The average molecular weight is 538 g/mol. The molecule has 2 N–H and O–H groups in total. The molecule has 4 aromatic rings.